The average Bonchev–Trinajstić information content (AvgIpc) is 2.85. The monoisotopic (exact) mass is 443 g/mol. The number of aromatic carboxylic acids is 1. The zero-order valence-electron chi connectivity index (χ0n) is 18.3. The Bertz CT molecular complexity index is 1170. The molecule has 2 aromatic carbocycles. The van der Waals surface area contributed by atoms with E-state index in [1.54, 1.807) is 48.8 Å². The van der Waals surface area contributed by atoms with E-state index in [1.165, 1.54) is 0 Å². The second-order valence-electron chi connectivity index (χ2n) is 8.21. The van der Waals surface area contributed by atoms with Crippen molar-refractivity contribution in [1.82, 2.24) is 9.88 Å². The van der Waals surface area contributed by atoms with Crippen LogP contribution in [0.2, 0.25) is 0 Å². The zero-order valence-corrected chi connectivity index (χ0v) is 18.3. The van der Waals surface area contributed by atoms with Crippen LogP contribution in [-0.4, -0.2) is 45.9 Å². The minimum Gasteiger partial charge on any atom is -0.478 e. The Labute approximate surface area is 192 Å². The van der Waals surface area contributed by atoms with Crippen molar-refractivity contribution in [2.24, 2.45) is 0 Å². The lowest BCUT2D eigenvalue weighted by Crippen LogP contribution is -2.38. The summed E-state index contributed by atoms with van der Waals surface area (Å²) in [5.74, 6) is -0.949. The molecule has 7 heteroatoms. The minimum absolute atomic E-state index is 0.0610. The van der Waals surface area contributed by atoms with Crippen molar-refractivity contribution in [2.45, 2.75) is 25.7 Å². The lowest BCUT2D eigenvalue weighted by molar-refractivity contribution is 0.0691. The third kappa shape index (κ3) is 5.09. The van der Waals surface area contributed by atoms with E-state index in [2.05, 4.69) is 10.3 Å². The molecule has 168 valence electrons. The van der Waals surface area contributed by atoms with Crippen LogP contribution in [0.1, 0.15) is 61.0 Å². The van der Waals surface area contributed by atoms with E-state index in [4.69, 9.17) is 5.11 Å². The number of carbonyl (C=O) groups excluding carboxylic acids is 2. The fourth-order valence-corrected chi connectivity index (χ4v) is 4.08. The summed E-state index contributed by atoms with van der Waals surface area (Å²) < 4.78 is 0. The van der Waals surface area contributed by atoms with Gasteiger partial charge >= 0.3 is 5.97 Å². The fourth-order valence-electron chi connectivity index (χ4n) is 4.08. The van der Waals surface area contributed by atoms with Crippen molar-refractivity contribution >= 4 is 23.5 Å². The molecule has 0 unspecified atom stereocenters. The van der Waals surface area contributed by atoms with E-state index in [0.717, 1.165) is 24.0 Å². The molecule has 3 aromatic rings. The number of hydrogen-bond acceptors (Lipinski definition) is 4. The van der Waals surface area contributed by atoms with Crippen LogP contribution in [0.3, 0.4) is 0 Å². The summed E-state index contributed by atoms with van der Waals surface area (Å²) in [6.07, 6.45) is 4.75. The number of benzene rings is 2. The second-order valence-corrected chi connectivity index (χ2v) is 8.21. The van der Waals surface area contributed by atoms with Gasteiger partial charge in [0.25, 0.3) is 11.8 Å². The Hall–Kier alpha value is -4.00. The van der Waals surface area contributed by atoms with Gasteiger partial charge in [-0.3, -0.25) is 14.6 Å². The molecule has 1 aromatic heterocycles. The lowest BCUT2D eigenvalue weighted by atomic mass is 9.88. The van der Waals surface area contributed by atoms with Crippen molar-refractivity contribution in [1.29, 1.82) is 0 Å². The quantitative estimate of drug-likeness (QED) is 0.610. The van der Waals surface area contributed by atoms with Crippen LogP contribution >= 0.6 is 0 Å². The molecular weight excluding hydrogens is 418 g/mol. The van der Waals surface area contributed by atoms with Gasteiger partial charge in [-0.25, -0.2) is 4.79 Å². The van der Waals surface area contributed by atoms with E-state index in [9.17, 15) is 14.4 Å². The van der Waals surface area contributed by atoms with Gasteiger partial charge in [0.1, 0.15) is 0 Å². The molecule has 1 saturated heterocycles. The molecule has 0 atom stereocenters. The number of carboxylic acids is 1. The molecular formula is C26H25N3O4. The highest BCUT2D eigenvalue weighted by Crippen LogP contribution is 2.29. The normalized spacial score (nSPS) is 14.0. The largest absolute Gasteiger partial charge is 0.478 e. The Kier molecular flexibility index (Phi) is 6.49. The predicted octanol–water partition coefficient (Wildman–Crippen LogP) is 4.36. The number of aromatic nitrogens is 1. The highest BCUT2D eigenvalue weighted by atomic mass is 16.4. The summed E-state index contributed by atoms with van der Waals surface area (Å²) in [5.41, 5.74) is 3.89. The van der Waals surface area contributed by atoms with Crippen LogP contribution < -0.4 is 5.32 Å². The Morgan fingerprint density at radius 1 is 0.909 bits per heavy atom. The molecule has 33 heavy (non-hydrogen) atoms. The number of carbonyl (C=O) groups is 3. The van der Waals surface area contributed by atoms with Crippen LogP contribution in [-0.2, 0) is 0 Å². The number of nitrogens with one attached hydrogen (secondary N) is 1. The highest BCUT2D eigenvalue weighted by molar-refractivity contribution is 6.05. The maximum absolute atomic E-state index is 13.1. The third-order valence-corrected chi connectivity index (χ3v) is 6.09. The SMILES string of the molecule is Cc1ccc(C(=O)N2CCC(c3ccc(C(=O)O)cc3)CC2)cc1NC(=O)c1ccncc1. The van der Waals surface area contributed by atoms with E-state index in [1.807, 2.05) is 30.0 Å². The van der Waals surface area contributed by atoms with Crippen LogP contribution in [0.5, 0.6) is 0 Å². The van der Waals surface area contributed by atoms with Gasteiger partial charge in [-0.1, -0.05) is 18.2 Å². The summed E-state index contributed by atoms with van der Waals surface area (Å²) in [6.45, 7) is 3.13. The number of rotatable bonds is 5. The van der Waals surface area contributed by atoms with Crippen LogP contribution in [0.15, 0.2) is 67.0 Å². The summed E-state index contributed by atoms with van der Waals surface area (Å²) >= 11 is 0. The molecule has 2 N–H and O–H groups in total. The number of carboxylic acid groups (broad SMARTS) is 1. The number of likely N-dealkylation sites (tertiary alicyclic amines) is 1. The number of aryl methyl sites for hydroxylation is 1. The number of hydrogen-bond donors (Lipinski definition) is 2. The zero-order chi connectivity index (χ0) is 23.4. The molecule has 1 aliphatic rings. The molecule has 4 rings (SSSR count). The van der Waals surface area contributed by atoms with Gasteiger partial charge in [-0.15, -0.1) is 0 Å². The van der Waals surface area contributed by atoms with Crippen LogP contribution in [0.25, 0.3) is 0 Å². The molecule has 0 saturated carbocycles. The number of amides is 2. The topological polar surface area (TPSA) is 99.6 Å². The summed E-state index contributed by atoms with van der Waals surface area (Å²) in [6, 6.07) is 15.6. The van der Waals surface area contributed by atoms with Gasteiger partial charge in [0.2, 0.25) is 0 Å². The molecule has 0 spiro atoms. The lowest BCUT2D eigenvalue weighted by Gasteiger charge is -2.32. The van der Waals surface area contributed by atoms with Gasteiger partial charge in [-0.2, -0.15) is 0 Å². The van der Waals surface area contributed by atoms with Crippen molar-refractivity contribution in [3.05, 3.63) is 94.8 Å². The van der Waals surface area contributed by atoms with Gasteiger partial charge in [0.05, 0.1) is 5.56 Å². The van der Waals surface area contributed by atoms with Gasteiger partial charge in [-0.05, 0) is 73.2 Å². The van der Waals surface area contributed by atoms with Crippen molar-refractivity contribution in [3.8, 4) is 0 Å². The van der Waals surface area contributed by atoms with Crippen molar-refractivity contribution in [3.63, 3.8) is 0 Å². The van der Waals surface area contributed by atoms with E-state index >= 15 is 0 Å². The first kappa shape index (κ1) is 22.2. The first-order valence-corrected chi connectivity index (χ1v) is 10.9. The van der Waals surface area contributed by atoms with E-state index in [-0.39, 0.29) is 17.4 Å². The van der Waals surface area contributed by atoms with Gasteiger partial charge in [0.15, 0.2) is 0 Å². The third-order valence-electron chi connectivity index (χ3n) is 6.09. The highest BCUT2D eigenvalue weighted by Gasteiger charge is 2.25. The molecule has 1 aliphatic heterocycles. The second kappa shape index (κ2) is 9.65. The van der Waals surface area contributed by atoms with Crippen LogP contribution in [0, 0.1) is 6.92 Å². The molecule has 1 fully saturated rings. The Morgan fingerprint density at radius 2 is 1.55 bits per heavy atom. The molecule has 7 nitrogen and oxygen atoms in total. The fraction of sp³-hybridized carbons (Fsp3) is 0.231. The van der Waals surface area contributed by atoms with Crippen LogP contribution in [0.4, 0.5) is 5.69 Å². The van der Waals surface area contributed by atoms with E-state index in [0.29, 0.717) is 35.8 Å². The molecule has 0 radical (unpaired) electrons. The maximum Gasteiger partial charge on any atom is 0.335 e. The van der Waals surface area contributed by atoms with Crippen molar-refractivity contribution in [2.75, 3.05) is 18.4 Å². The molecule has 0 aliphatic carbocycles. The molecule has 2 heterocycles. The van der Waals surface area contributed by atoms with Crippen molar-refractivity contribution < 1.29 is 19.5 Å². The average molecular weight is 444 g/mol. The smallest absolute Gasteiger partial charge is 0.335 e. The summed E-state index contributed by atoms with van der Waals surface area (Å²) in [7, 11) is 0. The Balaban J connectivity index is 1.41. The maximum atomic E-state index is 13.1. The Morgan fingerprint density at radius 3 is 2.18 bits per heavy atom. The number of piperidine rings is 1. The van der Waals surface area contributed by atoms with Gasteiger partial charge in [0, 0.05) is 42.3 Å². The first-order chi connectivity index (χ1) is 15.9. The first-order valence-electron chi connectivity index (χ1n) is 10.9. The van der Waals surface area contributed by atoms with Gasteiger partial charge < -0.3 is 15.3 Å². The molecule has 2 amide bonds. The number of anilines is 1. The summed E-state index contributed by atoms with van der Waals surface area (Å²) in [4.78, 5) is 42.4. The predicted molar refractivity (Wildman–Crippen MR) is 125 cm³/mol. The minimum atomic E-state index is -0.934. The summed E-state index contributed by atoms with van der Waals surface area (Å²) in [5, 5.41) is 11.9. The molecule has 0 bridgehead atoms. The standard InChI is InChI=1S/C26H25N3O4/c1-17-2-3-22(16-23(17)28-24(30)20-8-12-27-13-9-20)25(31)29-14-10-19(11-15-29)18-4-6-21(7-5-18)26(32)33/h2-9,12-13,16,19H,10-11,14-15H2,1H3,(H,28,30)(H,32,33). The number of pyridine rings is 1. The number of nitrogens with zero attached hydrogens (tertiary/aromatic N) is 2. The van der Waals surface area contributed by atoms with E-state index < -0.39 is 5.97 Å².